The van der Waals surface area contributed by atoms with Gasteiger partial charge in [0, 0.05) is 12.4 Å². The van der Waals surface area contributed by atoms with Crippen LogP contribution in [0.4, 0.5) is 0 Å². The van der Waals surface area contributed by atoms with E-state index in [0.717, 1.165) is 6.42 Å². The van der Waals surface area contributed by atoms with Gasteiger partial charge in [0.05, 0.1) is 0 Å². The molecule has 94 valence electrons. The first-order chi connectivity index (χ1) is 8.09. The minimum absolute atomic E-state index is 0.379. The summed E-state index contributed by atoms with van der Waals surface area (Å²) in [6, 6.07) is 3.44. The van der Waals surface area contributed by atoms with Crippen molar-refractivity contribution in [1.82, 2.24) is 10.3 Å². The van der Waals surface area contributed by atoms with E-state index in [1.165, 1.54) is 5.56 Å². The summed E-state index contributed by atoms with van der Waals surface area (Å²) in [7, 11) is 0. The number of carbonyl (C=O) groups is 1. The lowest BCUT2D eigenvalue weighted by atomic mass is 10.0. The monoisotopic (exact) mass is 236 g/mol. The minimum Gasteiger partial charge on any atom is -0.480 e. The van der Waals surface area contributed by atoms with Crippen LogP contribution in [0, 0.1) is 5.92 Å². The molecule has 0 saturated carbocycles. The molecule has 1 heterocycles. The van der Waals surface area contributed by atoms with Gasteiger partial charge < -0.3 is 10.4 Å². The van der Waals surface area contributed by atoms with Crippen molar-refractivity contribution < 1.29 is 9.90 Å². The predicted molar refractivity (Wildman–Crippen MR) is 66.8 cm³/mol. The van der Waals surface area contributed by atoms with Crippen LogP contribution in [0.3, 0.4) is 0 Å². The third-order valence-corrected chi connectivity index (χ3v) is 2.56. The molecule has 0 bridgehead atoms. The van der Waals surface area contributed by atoms with Gasteiger partial charge in [-0.1, -0.05) is 13.8 Å². The van der Waals surface area contributed by atoms with Crippen molar-refractivity contribution >= 4 is 5.97 Å². The molecule has 1 aromatic rings. The first kappa shape index (κ1) is 13.6. The second-order valence-corrected chi connectivity index (χ2v) is 4.58. The minimum atomic E-state index is -0.770. The number of rotatable bonds is 7. The fourth-order valence-electron chi connectivity index (χ4n) is 1.68. The highest BCUT2D eigenvalue weighted by Gasteiger charge is 2.17. The topological polar surface area (TPSA) is 62.2 Å². The van der Waals surface area contributed by atoms with Crippen LogP contribution in [0.1, 0.15) is 25.8 Å². The van der Waals surface area contributed by atoms with Crippen LogP contribution >= 0.6 is 0 Å². The molecule has 4 nitrogen and oxygen atoms in total. The molecule has 4 heteroatoms. The molecule has 0 aliphatic carbocycles. The van der Waals surface area contributed by atoms with E-state index in [2.05, 4.69) is 10.3 Å². The molecule has 17 heavy (non-hydrogen) atoms. The number of hydrogen-bond donors (Lipinski definition) is 2. The maximum Gasteiger partial charge on any atom is 0.320 e. The summed E-state index contributed by atoms with van der Waals surface area (Å²) in [4.78, 5) is 14.9. The van der Waals surface area contributed by atoms with Gasteiger partial charge in [0.2, 0.25) is 0 Å². The molecule has 1 rings (SSSR count). The number of pyridine rings is 1. The van der Waals surface area contributed by atoms with Gasteiger partial charge in [-0.2, -0.15) is 0 Å². The van der Waals surface area contributed by atoms with Crippen molar-refractivity contribution in [3.05, 3.63) is 30.1 Å². The van der Waals surface area contributed by atoms with Crippen LogP contribution in [0.15, 0.2) is 24.5 Å². The zero-order valence-corrected chi connectivity index (χ0v) is 10.4. The predicted octanol–water partition coefficient (Wildman–Crippen LogP) is 1.71. The fraction of sp³-hybridized carbons (Fsp3) is 0.538. The maximum atomic E-state index is 11.0. The third kappa shape index (κ3) is 5.45. The number of nitrogens with one attached hydrogen (secondary N) is 1. The molecule has 0 saturated heterocycles. The standard InChI is InChI=1S/C13H20N2O2/c1-10(2)9-12(13(16)17)15-8-5-11-3-6-14-7-4-11/h3-4,6-7,10,12,15H,5,8-9H2,1-2H3,(H,16,17). The molecular formula is C13H20N2O2. The molecule has 0 fully saturated rings. The summed E-state index contributed by atoms with van der Waals surface area (Å²) in [5.41, 5.74) is 1.17. The SMILES string of the molecule is CC(C)CC(NCCc1ccncc1)C(=O)O. The van der Waals surface area contributed by atoms with Crippen LogP contribution in [-0.2, 0) is 11.2 Å². The Bertz CT molecular complexity index is 339. The van der Waals surface area contributed by atoms with Gasteiger partial charge in [-0.15, -0.1) is 0 Å². The highest BCUT2D eigenvalue weighted by atomic mass is 16.4. The second-order valence-electron chi connectivity index (χ2n) is 4.58. The number of hydrogen-bond acceptors (Lipinski definition) is 3. The molecule has 0 aromatic carbocycles. The quantitative estimate of drug-likeness (QED) is 0.756. The molecular weight excluding hydrogens is 216 g/mol. The molecule has 1 aromatic heterocycles. The first-order valence-corrected chi connectivity index (χ1v) is 5.94. The van der Waals surface area contributed by atoms with Crippen molar-refractivity contribution in [2.24, 2.45) is 5.92 Å². The average molecular weight is 236 g/mol. The lowest BCUT2D eigenvalue weighted by Gasteiger charge is -2.16. The largest absolute Gasteiger partial charge is 0.480 e. The average Bonchev–Trinajstić information content (AvgIpc) is 2.28. The summed E-state index contributed by atoms with van der Waals surface area (Å²) in [5, 5.41) is 12.1. The van der Waals surface area contributed by atoms with Crippen molar-refractivity contribution in [1.29, 1.82) is 0 Å². The van der Waals surface area contributed by atoms with Crippen molar-refractivity contribution in [3.63, 3.8) is 0 Å². The lowest BCUT2D eigenvalue weighted by Crippen LogP contribution is -2.38. The highest BCUT2D eigenvalue weighted by Crippen LogP contribution is 2.05. The molecule has 0 aliphatic heterocycles. The molecule has 0 amide bonds. The number of carboxylic acids is 1. The zero-order chi connectivity index (χ0) is 12.7. The first-order valence-electron chi connectivity index (χ1n) is 5.94. The normalized spacial score (nSPS) is 12.6. The summed E-state index contributed by atoms with van der Waals surface area (Å²) in [6.07, 6.45) is 4.98. The van der Waals surface area contributed by atoms with Crippen LogP contribution in [0.2, 0.25) is 0 Å². The van der Waals surface area contributed by atoms with E-state index in [0.29, 0.717) is 18.9 Å². The Morgan fingerprint density at radius 3 is 2.59 bits per heavy atom. The van der Waals surface area contributed by atoms with Gasteiger partial charge >= 0.3 is 5.97 Å². The summed E-state index contributed by atoms with van der Waals surface area (Å²) < 4.78 is 0. The Kier molecular flexibility index (Phi) is 5.63. The van der Waals surface area contributed by atoms with Crippen molar-refractivity contribution in [3.8, 4) is 0 Å². The fourth-order valence-corrected chi connectivity index (χ4v) is 1.68. The van der Waals surface area contributed by atoms with Crippen LogP contribution < -0.4 is 5.32 Å². The van der Waals surface area contributed by atoms with E-state index in [1.54, 1.807) is 12.4 Å². The molecule has 0 radical (unpaired) electrons. The molecule has 1 unspecified atom stereocenters. The number of aromatic nitrogens is 1. The summed E-state index contributed by atoms with van der Waals surface area (Å²) in [6.45, 7) is 4.73. The Morgan fingerprint density at radius 2 is 2.06 bits per heavy atom. The summed E-state index contributed by atoms with van der Waals surface area (Å²) in [5.74, 6) is -0.391. The smallest absolute Gasteiger partial charge is 0.320 e. The van der Waals surface area contributed by atoms with Gasteiger partial charge in [0.15, 0.2) is 0 Å². The molecule has 2 N–H and O–H groups in total. The van der Waals surface area contributed by atoms with Crippen LogP contribution in [0.5, 0.6) is 0 Å². The van der Waals surface area contributed by atoms with E-state index in [9.17, 15) is 4.79 Å². The van der Waals surface area contributed by atoms with Gasteiger partial charge in [-0.3, -0.25) is 9.78 Å². The van der Waals surface area contributed by atoms with E-state index >= 15 is 0 Å². The second kappa shape index (κ2) is 7.01. The van der Waals surface area contributed by atoms with Gasteiger partial charge in [-0.25, -0.2) is 0 Å². The van der Waals surface area contributed by atoms with E-state index < -0.39 is 12.0 Å². The van der Waals surface area contributed by atoms with Gasteiger partial charge in [0.1, 0.15) is 6.04 Å². The van der Waals surface area contributed by atoms with E-state index in [4.69, 9.17) is 5.11 Å². The van der Waals surface area contributed by atoms with Crippen molar-refractivity contribution in [2.45, 2.75) is 32.7 Å². The third-order valence-electron chi connectivity index (χ3n) is 2.56. The van der Waals surface area contributed by atoms with Crippen LogP contribution in [0.25, 0.3) is 0 Å². The van der Waals surface area contributed by atoms with E-state index in [1.807, 2.05) is 26.0 Å². The number of nitrogens with zero attached hydrogens (tertiary/aromatic N) is 1. The number of aliphatic carboxylic acids is 1. The molecule has 0 spiro atoms. The molecule has 1 atom stereocenters. The zero-order valence-electron chi connectivity index (χ0n) is 10.4. The van der Waals surface area contributed by atoms with E-state index in [-0.39, 0.29) is 0 Å². The molecule has 0 aliphatic rings. The van der Waals surface area contributed by atoms with Crippen LogP contribution in [-0.4, -0.2) is 28.6 Å². The Morgan fingerprint density at radius 1 is 1.41 bits per heavy atom. The Labute approximate surface area is 102 Å². The Hall–Kier alpha value is -1.42. The Balaban J connectivity index is 2.35. The number of carboxylic acid groups (broad SMARTS) is 1. The lowest BCUT2D eigenvalue weighted by molar-refractivity contribution is -0.139. The van der Waals surface area contributed by atoms with Gasteiger partial charge in [-0.05, 0) is 43.0 Å². The highest BCUT2D eigenvalue weighted by molar-refractivity contribution is 5.73. The summed E-state index contributed by atoms with van der Waals surface area (Å²) >= 11 is 0. The van der Waals surface area contributed by atoms with Crippen molar-refractivity contribution in [2.75, 3.05) is 6.54 Å². The van der Waals surface area contributed by atoms with Gasteiger partial charge in [0.25, 0.3) is 0 Å². The maximum absolute atomic E-state index is 11.0.